The van der Waals surface area contributed by atoms with Crippen molar-refractivity contribution in [3.05, 3.63) is 0 Å². The van der Waals surface area contributed by atoms with Crippen molar-refractivity contribution < 1.29 is 0 Å². The molecule has 0 bridgehead atoms. The van der Waals surface area contributed by atoms with Gasteiger partial charge in [0.2, 0.25) is 0 Å². The maximum absolute atomic E-state index is 3.96. The fourth-order valence-corrected chi connectivity index (χ4v) is 3.73. The Kier molecular flexibility index (Phi) is 4.52. The number of rotatable bonds is 2. The largest absolute Gasteiger partial charge is 0.311 e. The normalized spacial score (nSPS) is 32.6. The molecule has 0 amide bonds. The maximum atomic E-state index is 3.96. The van der Waals surface area contributed by atoms with Gasteiger partial charge in [-0.2, -0.15) is 0 Å². The summed E-state index contributed by atoms with van der Waals surface area (Å²) < 4.78 is 0. The predicted molar refractivity (Wildman–Crippen MR) is 75.2 cm³/mol. The molecule has 2 saturated carbocycles. The highest BCUT2D eigenvalue weighted by Gasteiger charge is 2.31. The van der Waals surface area contributed by atoms with Crippen LogP contribution in [0.25, 0.3) is 0 Å². The smallest absolute Gasteiger partial charge is 0.00724 e. The second-order valence-corrected chi connectivity index (χ2v) is 7.43. The molecule has 2 rings (SSSR count). The van der Waals surface area contributed by atoms with Crippen molar-refractivity contribution in [3.8, 4) is 0 Å². The lowest BCUT2D eigenvalue weighted by atomic mass is 9.71. The van der Waals surface area contributed by atoms with Crippen LogP contribution >= 0.6 is 0 Å². The summed E-state index contributed by atoms with van der Waals surface area (Å²) >= 11 is 0. The summed E-state index contributed by atoms with van der Waals surface area (Å²) in [6.07, 6.45) is 12.9. The van der Waals surface area contributed by atoms with Gasteiger partial charge in [0.15, 0.2) is 0 Å². The van der Waals surface area contributed by atoms with Gasteiger partial charge in [0.1, 0.15) is 0 Å². The van der Waals surface area contributed by atoms with E-state index in [0.717, 1.165) is 18.0 Å². The quantitative estimate of drug-likeness (QED) is 0.745. The Morgan fingerprint density at radius 2 is 1.41 bits per heavy atom. The van der Waals surface area contributed by atoms with E-state index in [9.17, 15) is 0 Å². The Bertz CT molecular complexity index is 222. The fraction of sp³-hybridized carbons (Fsp3) is 1.00. The lowest BCUT2D eigenvalue weighted by molar-refractivity contribution is 0.145. The standard InChI is InChI=1S/C16H31N/c1-16(2,3)13-8-7-11-15(12-13)17-14-9-5-4-6-10-14/h13-15,17H,4-12H2,1-3H3. The van der Waals surface area contributed by atoms with Crippen molar-refractivity contribution in [2.24, 2.45) is 11.3 Å². The van der Waals surface area contributed by atoms with Crippen LogP contribution < -0.4 is 5.32 Å². The van der Waals surface area contributed by atoms with Crippen LogP contribution in [0.2, 0.25) is 0 Å². The summed E-state index contributed by atoms with van der Waals surface area (Å²) in [5, 5.41) is 3.96. The second kappa shape index (κ2) is 5.73. The molecule has 0 saturated heterocycles. The van der Waals surface area contributed by atoms with E-state index in [0.29, 0.717) is 5.41 Å². The first-order chi connectivity index (χ1) is 8.05. The molecule has 1 heteroatoms. The Hall–Kier alpha value is -0.0400. The van der Waals surface area contributed by atoms with Gasteiger partial charge in [-0.25, -0.2) is 0 Å². The van der Waals surface area contributed by atoms with E-state index in [-0.39, 0.29) is 0 Å². The molecule has 17 heavy (non-hydrogen) atoms. The molecule has 0 radical (unpaired) electrons. The molecule has 100 valence electrons. The average Bonchev–Trinajstić information content (AvgIpc) is 2.29. The minimum absolute atomic E-state index is 0.507. The Balaban J connectivity index is 1.80. The van der Waals surface area contributed by atoms with Crippen LogP contribution in [0.1, 0.15) is 78.6 Å². The molecular weight excluding hydrogens is 206 g/mol. The molecule has 0 spiro atoms. The summed E-state index contributed by atoms with van der Waals surface area (Å²) in [7, 11) is 0. The summed E-state index contributed by atoms with van der Waals surface area (Å²) in [5.74, 6) is 0.928. The molecule has 2 aliphatic carbocycles. The van der Waals surface area contributed by atoms with Gasteiger partial charge >= 0.3 is 0 Å². The highest BCUT2D eigenvalue weighted by atomic mass is 15.0. The van der Waals surface area contributed by atoms with E-state index in [2.05, 4.69) is 26.1 Å². The zero-order valence-corrected chi connectivity index (χ0v) is 12.1. The van der Waals surface area contributed by atoms with E-state index in [1.165, 1.54) is 57.8 Å². The van der Waals surface area contributed by atoms with Crippen molar-refractivity contribution in [2.45, 2.75) is 90.6 Å². The Labute approximate surface area is 108 Å². The first-order valence-electron chi connectivity index (χ1n) is 7.82. The third kappa shape index (κ3) is 3.98. The van der Waals surface area contributed by atoms with Crippen LogP contribution in [0.3, 0.4) is 0 Å². The third-order valence-corrected chi connectivity index (χ3v) is 4.98. The van der Waals surface area contributed by atoms with Crippen LogP contribution in [0.4, 0.5) is 0 Å². The summed E-state index contributed by atoms with van der Waals surface area (Å²) in [6.45, 7) is 7.25. The molecular formula is C16H31N. The number of nitrogens with one attached hydrogen (secondary N) is 1. The molecule has 1 nitrogen and oxygen atoms in total. The lowest BCUT2D eigenvalue weighted by Gasteiger charge is -2.39. The highest BCUT2D eigenvalue weighted by Crippen LogP contribution is 2.38. The van der Waals surface area contributed by atoms with Crippen LogP contribution in [0.15, 0.2) is 0 Å². The van der Waals surface area contributed by atoms with E-state index in [1.54, 1.807) is 0 Å². The SMILES string of the molecule is CC(C)(C)C1CCCC(NC2CCCCC2)C1. The minimum atomic E-state index is 0.507. The number of hydrogen-bond acceptors (Lipinski definition) is 1. The van der Waals surface area contributed by atoms with Crippen molar-refractivity contribution in [3.63, 3.8) is 0 Å². The predicted octanol–water partition coefficient (Wildman–Crippen LogP) is 4.51. The van der Waals surface area contributed by atoms with E-state index < -0.39 is 0 Å². The summed E-state index contributed by atoms with van der Waals surface area (Å²) in [6, 6.07) is 1.66. The average molecular weight is 237 g/mol. The van der Waals surface area contributed by atoms with E-state index >= 15 is 0 Å². The molecule has 0 aromatic rings. The van der Waals surface area contributed by atoms with E-state index in [1.807, 2.05) is 0 Å². The zero-order valence-electron chi connectivity index (χ0n) is 12.1. The van der Waals surface area contributed by atoms with Crippen LogP contribution in [0.5, 0.6) is 0 Å². The maximum Gasteiger partial charge on any atom is 0.00724 e. The summed E-state index contributed by atoms with van der Waals surface area (Å²) in [4.78, 5) is 0. The van der Waals surface area contributed by atoms with Crippen LogP contribution in [-0.4, -0.2) is 12.1 Å². The van der Waals surface area contributed by atoms with Gasteiger partial charge in [0.25, 0.3) is 0 Å². The van der Waals surface area contributed by atoms with Gasteiger partial charge in [-0.15, -0.1) is 0 Å². The van der Waals surface area contributed by atoms with Crippen molar-refractivity contribution in [1.29, 1.82) is 0 Å². The molecule has 0 aromatic heterocycles. The molecule has 0 aliphatic heterocycles. The molecule has 1 N–H and O–H groups in total. The fourth-order valence-electron chi connectivity index (χ4n) is 3.73. The van der Waals surface area contributed by atoms with Gasteiger partial charge in [-0.1, -0.05) is 46.5 Å². The zero-order chi connectivity index (χ0) is 12.3. The van der Waals surface area contributed by atoms with Crippen LogP contribution in [-0.2, 0) is 0 Å². The molecule has 2 unspecified atom stereocenters. The van der Waals surface area contributed by atoms with Gasteiger partial charge in [0.05, 0.1) is 0 Å². The molecule has 2 aliphatic rings. The molecule has 2 fully saturated rings. The Morgan fingerprint density at radius 1 is 0.765 bits per heavy atom. The third-order valence-electron chi connectivity index (χ3n) is 4.98. The highest BCUT2D eigenvalue weighted by molar-refractivity contribution is 4.86. The Morgan fingerprint density at radius 3 is 2.06 bits per heavy atom. The lowest BCUT2D eigenvalue weighted by Crippen LogP contribution is -2.43. The van der Waals surface area contributed by atoms with Gasteiger partial charge in [-0.05, 0) is 43.4 Å². The van der Waals surface area contributed by atoms with Crippen molar-refractivity contribution >= 4 is 0 Å². The van der Waals surface area contributed by atoms with Gasteiger partial charge < -0.3 is 5.32 Å². The van der Waals surface area contributed by atoms with Crippen molar-refractivity contribution in [1.82, 2.24) is 5.32 Å². The van der Waals surface area contributed by atoms with Gasteiger partial charge in [0, 0.05) is 12.1 Å². The van der Waals surface area contributed by atoms with Gasteiger partial charge in [-0.3, -0.25) is 0 Å². The first kappa shape index (κ1) is 13.4. The minimum Gasteiger partial charge on any atom is -0.311 e. The molecule has 0 aromatic carbocycles. The molecule has 0 heterocycles. The summed E-state index contributed by atoms with van der Waals surface area (Å²) in [5.41, 5.74) is 0.507. The topological polar surface area (TPSA) is 12.0 Å². The monoisotopic (exact) mass is 237 g/mol. The van der Waals surface area contributed by atoms with E-state index in [4.69, 9.17) is 0 Å². The first-order valence-corrected chi connectivity index (χ1v) is 7.82. The number of hydrogen-bond donors (Lipinski definition) is 1. The van der Waals surface area contributed by atoms with Crippen LogP contribution in [0, 0.1) is 11.3 Å². The van der Waals surface area contributed by atoms with Crippen molar-refractivity contribution in [2.75, 3.05) is 0 Å². The molecule has 2 atom stereocenters. The second-order valence-electron chi connectivity index (χ2n) is 7.43.